The highest BCUT2D eigenvalue weighted by Crippen LogP contribution is 2.31. The summed E-state index contributed by atoms with van der Waals surface area (Å²) in [4.78, 5) is 26.3. The Hall–Kier alpha value is -3.28. The van der Waals surface area contributed by atoms with Gasteiger partial charge in [-0.05, 0) is 55.8 Å². The van der Waals surface area contributed by atoms with E-state index >= 15 is 0 Å². The van der Waals surface area contributed by atoms with Gasteiger partial charge in [-0.1, -0.05) is 12.1 Å². The zero-order valence-electron chi connectivity index (χ0n) is 15.8. The number of carbonyl (C=O) groups excluding carboxylic acids is 2. The van der Waals surface area contributed by atoms with Crippen LogP contribution < -0.4 is 14.8 Å². The number of ether oxygens (including phenoxy) is 2. The van der Waals surface area contributed by atoms with Crippen molar-refractivity contribution in [2.45, 2.75) is 20.0 Å². The molecular weight excluding hydrogens is 344 g/mol. The molecule has 0 fully saturated rings. The van der Waals surface area contributed by atoms with E-state index in [9.17, 15) is 9.59 Å². The van der Waals surface area contributed by atoms with Crippen LogP contribution in [0.25, 0.3) is 5.57 Å². The summed E-state index contributed by atoms with van der Waals surface area (Å²) in [5.74, 6) is 0.715. The molecule has 2 amide bonds. The number of likely N-dealkylation sites (N-methyl/N-ethyl adjacent to an activating group) is 1. The van der Waals surface area contributed by atoms with Crippen molar-refractivity contribution in [2.75, 3.05) is 19.5 Å². The highest BCUT2D eigenvalue weighted by molar-refractivity contribution is 6.36. The normalized spacial score (nSPS) is 14.2. The van der Waals surface area contributed by atoms with Crippen molar-refractivity contribution in [3.05, 3.63) is 59.8 Å². The standard InChI is InChI=1S/C21H22N2O4/c1-13(2)27-17-9-5-14(6-10-17)18-19(21(25)23(3)20(18)24)22-15-7-11-16(26-4)12-8-15/h5-13,22H,1-4H3. The van der Waals surface area contributed by atoms with E-state index in [0.717, 1.165) is 4.90 Å². The number of nitrogens with one attached hydrogen (secondary N) is 1. The van der Waals surface area contributed by atoms with Gasteiger partial charge >= 0.3 is 0 Å². The lowest BCUT2D eigenvalue weighted by molar-refractivity contribution is -0.135. The average Bonchev–Trinajstić information content (AvgIpc) is 2.87. The lowest BCUT2D eigenvalue weighted by Gasteiger charge is -2.11. The topological polar surface area (TPSA) is 67.9 Å². The number of nitrogens with zero attached hydrogens (tertiary/aromatic N) is 1. The van der Waals surface area contributed by atoms with E-state index in [1.807, 2.05) is 13.8 Å². The summed E-state index contributed by atoms with van der Waals surface area (Å²) < 4.78 is 10.8. The van der Waals surface area contributed by atoms with Crippen molar-refractivity contribution in [3.63, 3.8) is 0 Å². The first kappa shape index (κ1) is 18.5. The number of hydrogen-bond acceptors (Lipinski definition) is 5. The summed E-state index contributed by atoms with van der Waals surface area (Å²) in [7, 11) is 3.06. The molecule has 6 nitrogen and oxygen atoms in total. The van der Waals surface area contributed by atoms with E-state index in [1.165, 1.54) is 7.05 Å². The molecule has 1 aliphatic rings. The van der Waals surface area contributed by atoms with Gasteiger partial charge in [-0.2, -0.15) is 0 Å². The molecule has 0 spiro atoms. The lowest BCUT2D eigenvalue weighted by Crippen LogP contribution is -2.27. The number of amides is 2. The molecule has 0 bridgehead atoms. The van der Waals surface area contributed by atoms with Crippen molar-refractivity contribution in [3.8, 4) is 11.5 Å². The molecule has 0 atom stereocenters. The number of hydrogen-bond donors (Lipinski definition) is 1. The summed E-state index contributed by atoms with van der Waals surface area (Å²) in [6.07, 6.45) is 0.0585. The molecule has 3 rings (SSSR count). The summed E-state index contributed by atoms with van der Waals surface area (Å²) in [5.41, 5.74) is 1.95. The van der Waals surface area contributed by atoms with Gasteiger partial charge in [-0.3, -0.25) is 14.5 Å². The van der Waals surface area contributed by atoms with Crippen LogP contribution in [0.5, 0.6) is 11.5 Å². The minimum Gasteiger partial charge on any atom is -0.497 e. The molecule has 2 aromatic carbocycles. The van der Waals surface area contributed by atoms with Gasteiger partial charge in [-0.25, -0.2) is 0 Å². The fourth-order valence-electron chi connectivity index (χ4n) is 2.82. The Bertz CT molecular complexity index is 883. The maximum atomic E-state index is 12.6. The maximum absolute atomic E-state index is 12.6. The van der Waals surface area contributed by atoms with Crippen LogP contribution >= 0.6 is 0 Å². The van der Waals surface area contributed by atoms with Gasteiger partial charge in [0.2, 0.25) is 0 Å². The van der Waals surface area contributed by atoms with E-state index in [2.05, 4.69) is 5.32 Å². The zero-order valence-corrected chi connectivity index (χ0v) is 15.8. The quantitative estimate of drug-likeness (QED) is 0.795. The largest absolute Gasteiger partial charge is 0.497 e. The first-order valence-corrected chi connectivity index (χ1v) is 8.65. The molecule has 0 radical (unpaired) electrons. The van der Waals surface area contributed by atoms with Gasteiger partial charge in [0.1, 0.15) is 17.2 Å². The first-order valence-electron chi connectivity index (χ1n) is 8.65. The molecule has 0 saturated heterocycles. The molecule has 6 heteroatoms. The van der Waals surface area contributed by atoms with Gasteiger partial charge in [0, 0.05) is 12.7 Å². The Kier molecular flexibility index (Phi) is 5.16. The molecule has 27 heavy (non-hydrogen) atoms. The Labute approximate surface area is 158 Å². The Morgan fingerprint density at radius 3 is 2.04 bits per heavy atom. The van der Waals surface area contributed by atoms with Crippen molar-refractivity contribution in [1.29, 1.82) is 0 Å². The van der Waals surface area contributed by atoms with Crippen LogP contribution in [0.4, 0.5) is 5.69 Å². The van der Waals surface area contributed by atoms with E-state index in [1.54, 1.807) is 55.6 Å². The smallest absolute Gasteiger partial charge is 0.277 e. The van der Waals surface area contributed by atoms with Crippen molar-refractivity contribution in [2.24, 2.45) is 0 Å². The van der Waals surface area contributed by atoms with Gasteiger partial charge in [0.15, 0.2) is 0 Å². The minimum atomic E-state index is -0.367. The third-order valence-corrected chi connectivity index (χ3v) is 4.16. The molecule has 2 aromatic rings. The monoisotopic (exact) mass is 366 g/mol. The predicted molar refractivity (Wildman–Crippen MR) is 104 cm³/mol. The van der Waals surface area contributed by atoms with E-state index in [0.29, 0.717) is 28.3 Å². The van der Waals surface area contributed by atoms with E-state index < -0.39 is 0 Å². The zero-order chi connectivity index (χ0) is 19.6. The molecule has 1 heterocycles. The molecule has 0 saturated carbocycles. The average molecular weight is 366 g/mol. The number of benzene rings is 2. The van der Waals surface area contributed by atoms with Crippen LogP contribution in [0.1, 0.15) is 19.4 Å². The van der Waals surface area contributed by atoms with Gasteiger partial charge in [0.05, 0.1) is 18.8 Å². The summed E-state index contributed by atoms with van der Waals surface area (Å²) in [6, 6.07) is 14.3. The van der Waals surface area contributed by atoms with Gasteiger partial charge in [-0.15, -0.1) is 0 Å². The summed E-state index contributed by atoms with van der Waals surface area (Å²) in [6.45, 7) is 3.89. The Morgan fingerprint density at radius 2 is 1.48 bits per heavy atom. The molecule has 0 aromatic heterocycles. The second-order valence-electron chi connectivity index (χ2n) is 6.46. The van der Waals surface area contributed by atoms with Gasteiger partial charge in [0.25, 0.3) is 11.8 Å². The lowest BCUT2D eigenvalue weighted by atomic mass is 10.0. The Balaban J connectivity index is 1.96. The second-order valence-corrected chi connectivity index (χ2v) is 6.46. The predicted octanol–water partition coefficient (Wildman–Crippen LogP) is 3.30. The third kappa shape index (κ3) is 3.79. The minimum absolute atomic E-state index is 0.0585. The van der Waals surface area contributed by atoms with Crippen molar-refractivity contribution < 1.29 is 19.1 Å². The fourth-order valence-corrected chi connectivity index (χ4v) is 2.82. The number of carbonyl (C=O) groups is 2. The first-order chi connectivity index (χ1) is 12.9. The van der Waals surface area contributed by atoms with Crippen LogP contribution in [0.15, 0.2) is 54.2 Å². The second kappa shape index (κ2) is 7.53. The summed E-state index contributed by atoms with van der Waals surface area (Å²) >= 11 is 0. The van der Waals surface area contributed by atoms with Crippen LogP contribution in [0.2, 0.25) is 0 Å². The molecule has 0 unspecified atom stereocenters. The maximum Gasteiger partial charge on any atom is 0.277 e. The van der Waals surface area contributed by atoms with Crippen molar-refractivity contribution >= 4 is 23.1 Å². The van der Waals surface area contributed by atoms with Crippen LogP contribution in [-0.2, 0) is 9.59 Å². The molecule has 1 N–H and O–H groups in total. The molecule has 140 valence electrons. The van der Waals surface area contributed by atoms with Crippen LogP contribution in [0, 0.1) is 0 Å². The van der Waals surface area contributed by atoms with Crippen LogP contribution in [-0.4, -0.2) is 37.0 Å². The van der Waals surface area contributed by atoms with Gasteiger partial charge < -0.3 is 14.8 Å². The molecular formula is C21H22N2O4. The molecule has 1 aliphatic heterocycles. The molecule has 0 aliphatic carbocycles. The van der Waals surface area contributed by atoms with E-state index in [-0.39, 0.29) is 23.6 Å². The number of imide groups is 1. The Morgan fingerprint density at radius 1 is 0.889 bits per heavy atom. The summed E-state index contributed by atoms with van der Waals surface area (Å²) in [5, 5.41) is 3.08. The number of methoxy groups -OCH3 is 1. The highest BCUT2D eigenvalue weighted by atomic mass is 16.5. The third-order valence-electron chi connectivity index (χ3n) is 4.16. The SMILES string of the molecule is COc1ccc(NC2=C(c3ccc(OC(C)C)cc3)C(=O)N(C)C2=O)cc1. The fraction of sp³-hybridized carbons (Fsp3) is 0.238. The highest BCUT2D eigenvalue weighted by Gasteiger charge is 2.36. The van der Waals surface area contributed by atoms with Crippen LogP contribution in [0.3, 0.4) is 0 Å². The van der Waals surface area contributed by atoms with E-state index in [4.69, 9.17) is 9.47 Å². The van der Waals surface area contributed by atoms with Crippen molar-refractivity contribution in [1.82, 2.24) is 4.90 Å². The number of rotatable bonds is 6. The number of anilines is 1.